The molecule has 1 N–H and O–H groups in total. The summed E-state index contributed by atoms with van der Waals surface area (Å²) in [6.07, 6.45) is 5.38. The maximum absolute atomic E-state index is 3.97. The Morgan fingerprint density at radius 1 is 0.895 bits per heavy atom. The molecule has 1 aromatic rings. The fourth-order valence-corrected chi connectivity index (χ4v) is 4.04. The zero-order valence-electron chi connectivity index (χ0n) is 12.5. The van der Waals surface area contributed by atoms with E-state index in [-0.39, 0.29) is 0 Å². The van der Waals surface area contributed by atoms with Gasteiger partial charge in [0.05, 0.1) is 0 Å². The van der Waals surface area contributed by atoms with Gasteiger partial charge >= 0.3 is 0 Å². The van der Waals surface area contributed by atoms with Gasteiger partial charge in [0.2, 0.25) is 0 Å². The molecule has 5 atom stereocenters. The Morgan fingerprint density at radius 3 is 2.32 bits per heavy atom. The lowest BCUT2D eigenvalue weighted by molar-refractivity contribution is 0.316. The summed E-state index contributed by atoms with van der Waals surface area (Å²) in [4.78, 5) is 0. The number of rotatable bonds is 2. The molecule has 1 nitrogen and oxygen atoms in total. The van der Waals surface area contributed by atoms with Crippen LogP contribution in [0.25, 0.3) is 0 Å². The van der Waals surface area contributed by atoms with Gasteiger partial charge in [-0.15, -0.1) is 0 Å². The van der Waals surface area contributed by atoms with Gasteiger partial charge in [-0.3, -0.25) is 0 Å². The highest BCUT2D eigenvalue weighted by atomic mass is 15.0. The van der Waals surface area contributed by atoms with Crippen LogP contribution in [-0.4, -0.2) is 6.04 Å². The van der Waals surface area contributed by atoms with Gasteiger partial charge in [0.1, 0.15) is 0 Å². The van der Waals surface area contributed by atoms with Gasteiger partial charge in [-0.1, -0.05) is 45.0 Å². The molecule has 1 fully saturated rings. The van der Waals surface area contributed by atoms with Crippen molar-refractivity contribution in [3.8, 4) is 0 Å². The zero-order chi connectivity index (χ0) is 13.4. The standard InChI is InChI=1S/C18H27N/c1-12-8-10-17(14(12)3)19-18-11-9-13(2)15-6-4-5-7-16(15)18/h4-7,12-14,17-19H,8-11H2,1-3H3. The van der Waals surface area contributed by atoms with Crippen molar-refractivity contribution in [2.75, 3.05) is 0 Å². The molecule has 0 bridgehead atoms. The Bertz CT molecular complexity index is 439. The van der Waals surface area contributed by atoms with Crippen molar-refractivity contribution in [3.63, 3.8) is 0 Å². The smallest absolute Gasteiger partial charge is 0.0325 e. The lowest BCUT2D eigenvalue weighted by Gasteiger charge is -2.33. The Morgan fingerprint density at radius 2 is 1.63 bits per heavy atom. The number of nitrogens with one attached hydrogen (secondary N) is 1. The van der Waals surface area contributed by atoms with Crippen LogP contribution in [0.5, 0.6) is 0 Å². The average molecular weight is 257 g/mol. The van der Waals surface area contributed by atoms with E-state index < -0.39 is 0 Å². The molecule has 1 saturated carbocycles. The van der Waals surface area contributed by atoms with E-state index in [1.165, 1.54) is 25.7 Å². The molecule has 19 heavy (non-hydrogen) atoms. The SMILES string of the molecule is CC1CCC(NC2CCC(C)C2C)c2ccccc21. The Balaban J connectivity index is 1.78. The van der Waals surface area contributed by atoms with Crippen LogP contribution in [-0.2, 0) is 0 Å². The van der Waals surface area contributed by atoms with Gasteiger partial charge in [0.25, 0.3) is 0 Å². The van der Waals surface area contributed by atoms with Crippen LogP contribution in [0.15, 0.2) is 24.3 Å². The molecule has 2 aliphatic rings. The molecule has 0 saturated heterocycles. The van der Waals surface area contributed by atoms with Crippen molar-refractivity contribution in [2.24, 2.45) is 11.8 Å². The van der Waals surface area contributed by atoms with Gasteiger partial charge in [-0.25, -0.2) is 0 Å². The van der Waals surface area contributed by atoms with Crippen molar-refractivity contribution in [1.82, 2.24) is 5.32 Å². The highest BCUT2D eigenvalue weighted by molar-refractivity contribution is 5.35. The molecule has 0 aliphatic heterocycles. The van der Waals surface area contributed by atoms with E-state index in [0.717, 1.165) is 23.8 Å². The molecule has 104 valence electrons. The summed E-state index contributed by atoms with van der Waals surface area (Å²) in [5, 5.41) is 3.97. The van der Waals surface area contributed by atoms with Gasteiger partial charge in [-0.05, 0) is 54.6 Å². The zero-order valence-corrected chi connectivity index (χ0v) is 12.5. The molecule has 3 rings (SSSR count). The monoisotopic (exact) mass is 257 g/mol. The highest BCUT2D eigenvalue weighted by Crippen LogP contribution is 2.39. The molecule has 0 amide bonds. The lowest BCUT2D eigenvalue weighted by atomic mass is 9.80. The summed E-state index contributed by atoms with van der Waals surface area (Å²) in [6, 6.07) is 10.4. The van der Waals surface area contributed by atoms with E-state index in [0.29, 0.717) is 6.04 Å². The van der Waals surface area contributed by atoms with Gasteiger partial charge in [-0.2, -0.15) is 0 Å². The molecule has 0 radical (unpaired) electrons. The largest absolute Gasteiger partial charge is 0.307 e. The first-order valence-corrected chi connectivity index (χ1v) is 8.01. The highest BCUT2D eigenvalue weighted by Gasteiger charge is 2.33. The minimum Gasteiger partial charge on any atom is -0.307 e. The Labute approximate surface area is 117 Å². The fraction of sp³-hybridized carbons (Fsp3) is 0.667. The van der Waals surface area contributed by atoms with Crippen LogP contribution >= 0.6 is 0 Å². The van der Waals surface area contributed by atoms with Crippen molar-refractivity contribution < 1.29 is 0 Å². The third-order valence-corrected chi connectivity index (χ3v) is 5.67. The van der Waals surface area contributed by atoms with Crippen LogP contribution in [0.2, 0.25) is 0 Å². The molecular formula is C18H27N. The van der Waals surface area contributed by atoms with Gasteiger partial charge in [0.15, 0.2) is 0 Å². The van der Waals surface area contributed by atoms with E-state index in [4.69, 9.17) is 0 Å². The van der Waals surface area contributed by atoms with Crippen LogP contribution in [0.1, 0.15) is 69.5 Å². The molecule has 1 heteroatoms. The summed E-state index contributed by atoms with van der Waals surface area (Å²) in [5.41, 5.74) is 3.14. The van der Waals surface area contributed by atoms with E-state index in [1.807, 2.05) is 0 Å². The first-order chi connectivity index (χ1) is 9.16. The Kier molecular flexibility index (Phi) is 3.66. The summed E-state index contributed by atoms with van der Waals surface area (Å²) in [6.45, 7) is 7.20. The maximum atomic E-state index is 3.97. The second-order valence-corrected chi connectivity index (χ2v) is 6.85. The van der Waals surface area contributed by atoms with Gasteiger partial charge in [0, 0.05) is 12.1 Å². The average Bonchev–Trinajstić information content (AvgIpc) is 2.74. The number of fused-ring (bicyclic) bond motifs is 1. The third kappa shape index (κ3) is 2.45. The van der Waals surface area contributed by atoms with Crippen LogP contribution in [0.4, 0.5) is 0 Å². The Hall–Kier alpha value is -0.820. The van der Waals surface area contributed by atoms with Crippen LogP contribution in [0, 0.1) is 11.8 Å². The molecule has 0 heterocycles. The predicted molar refractivity (Wildman–Crippen MR) is 81.3 cm³/mol. The minimum absolute atomic E-state index is 0.588. The molecule has 0 spiro atoms. The second kappa shape index (κ2) is 5.28. The van der Waals surface area contributed by atoms with Crippen molar-refractivity contribution in [2.45, 2.75) is 64.5 Å². The van der Waals surface area contributed by atoms with E-state index >= 15 is 0 Å². The van der Waals surface area contributed by atoms with Gasteiger partial charge < -0.3 is 5.32 Å². The quantitative estimate of drug-likeness (QED) is 0.813. The predicted octanol–water partition coefficient (Wildman–Crippen LogP) is 4.65. The number of hydrogen-bond acceptors (Lipinski definition) is 1. The summed E-state index contributed by atoms with van der Waals surface area (Å²) in [5.74, 6) is 2.44. The van der Waals surface area contributed by atoms with Crippen molar-refractivity contribution in [3.05, 3.63) is 35.4 Å². The van der Waals surface area contributed by atoms with Crippen molar-refractivity contribution >= 4 is 0 Å². The molecular weight excluding hydrogens is 230 g/mol. The van der Waals surface area contributed by atoms with E-state index in [9.17, 15) is 0 Å². The second-order valence-electron chi connectivity index (χ2n) is 6.85. The topological polar surface area (TPSA) is 12.0 Å². The van der Waals surface area contributed by atoms with E-state index in [2.05, 4.69) is 50.4 Å². The van der Waals surface area contributed by atoms with Crippen molar-refractivity contribution in [1.29, 1.82) is 0 Å². The summed E-state index contributed by atoms with van der Waals surface area (Å²) >= 11 is 0. The fourth-order valence-electron chi connectivity index (χ4n) is 4.04. The summed E-state index contributed by atoms with van der Waals surface area (Å²) < 4.78 is 0. The molecule has 2 aliphatic carbocycles. The normalized spacial score (nSPS) is 38.2. The van der Waals surface area contributed by atoms with Crippen LogP contribution < -0.4 is 5.32 Å². The minimum atomic E-state index is 0.588. The third-order valence-electron chi connectivity index (χ3n) is 5.67. The van der Waals surface area contributed by atoms with E-state index in [1.54, 1.807) is 11.1 Å². The first kappa shape index (κ1) is 13.2. The molecule has 1 aromatic carbocycles. The maximum Gasteiger partial charge on any atom is 0.0325 e. The number of hydrogen-bond donors (Lipinski definition) is 1. The van der Waals surface area contributed by atoms with Crippen LogP contribution in [0.3, 0.4) is 0 Å². The summed E-state index contributed by atoms with van der Waals surface area (Å²) in [7, 11) is 0. The molecule has 0 aromatic heterocycles. The molecule has 5 unspecified atom stereocenters. The first-order valence-electron chi connectivity index (χ1n) is 8.01. The lowest BCUT2D eigenvalue weighted by Crippen LogP contribution is -2.37. The number of benzene rings is 1.